The molecule has 1 aliphatic rings. The normalized spacial score (nSPS) is 14.1. The first-order chi connectivity index (χ1) is 12.9. The molecule has 0 atom stereocenters. The van der Waals surface area contributed by atoms with E-state index in [4.69, 9.17) is 0 Å². The van der Waals surface area contributed by atoms with Crippen molar-refractivity contribution in [1.82, 2.24) is 5.53 Å². The third kappa shape index (κ3) is 4.54. The van der Waals surface area contributed by atoms with E-state index >= 15 is 0 Å². The van der Waals surface area contributed by atoms with Gasteiger partial charge < -0.3 is 10.6 Å². The Morgan fingerprint density at radius 3 is 2.41 bits per heavy atom. The van der Waals surface area contributed by atoms with Crippen molar-refractivity contribution in [3.05, 3.63) is 66.0 Å². The fourth-order valence-electron chi connectivity index (χ4n) is 2.44. The topological polar surface area (TPSA) is 73.0 Å². The number of nitrogens with one attached hydrogen (secondary N) is 3. The number of hydrogen-bond acceptors (Lipinski definition) is 3. The van der Waals surface area contributed by atoms with E-state index in [9.17, 15) is 22.4 Å². The number of allylic oxidation sites excluding steroid dienone is 1. The van der Waals surface area contributed by atoms with Crippen molar-refractivity contribution in [1.29, 1.82) is 0 Å². The summed E-state index contributed by atoms with van der Waals surface area (Å²) in [6.45, 7) is -0.595. The molecule has 2 aromatic carbocycles. The van der Waals surface area contributed by atoms with Crippen molar-refractivity contribution < 1.29 is 27.8 Å². The van der Waals surface area contributed by atoms with Gasteiger partial charge >= 0.3 is 12.2 Å². The van der Waals surface area contributed by atoms with Crippen molar-refractivity contribution >= 4 is 23.1 Å². The zero-order chi connectivity index (χ0) is 19.4. The molecule has 0 aliphatic carbocycles. The standard InChI is InChI=1S/C17H15F4N5O/c18-9-12-10-26(25-24-12)13-7-5-11(6-8-13)22-16(27)23-15-4-2-1-3-14(15)17(19,20)21/h1-8,10,24-25H,9H2,(H2,22,23,27)/p+1. The number of urea groups is 1. The molecule has 0 fully saturated rings. The number of nitrogens with two attached hydrogens (primary N) is 1. The lowest BCUT2D eigenvalue weighted by Crippen LogP contribution is -2.91. The van der Waals surface area contributed by atoms with Gasteiger partial charge in [-0.1, -0.05) is 17.7 Å². The lowest BCUT2D eigenvalue weighted by atomic mass is 10.1. The van der Waals surface area contributed by atoms with Crippen molar-refractivity contribution in [2.24, 2.45) is 0 Å². The van der Waals surface area contributed by atoms with Gasteiger partial charge in [0.15, 0.2) is 12.4 Å². The molecule has 0 bridgehead atoms. The van der Waals surface area contributed by atoms with Crippen LogP contribution in [0.4, 0.5) is 39.4 Å². The third-order valence-electron chi connectivity index (χ3n) is 3.72. The molecule has 5 N–H and O–H groups in total. The smallest absolute Gasteiger partial charge is 0.308 e. The van der Waals surface area contributed by atoms with Crippen LogP contribution in [0.3, 0.4) is 0 Å². The molecule has 0 aromatic heterocycles. The second kappa shape index (κ2) is 7.64. The first-order valence-electron chi connectivity index (χ1n) is 7.86. The highest BCUT2D eigenvalue weighted by atomic mass is 19.4. The Bertz CT molecular complexity index is 851. The van der Waals surface area contributed by atoms with Gasteiger partial charge in [-0.25, -0.2) is 19.6 Å². The Morgan fingerprint density at radius 2 is 1.78 bits per heavy atom. The quantitative estimate of drug-likeness (QED) is 0.485. The molecule has 0 saturated heterocycles. The number of quaternary nitrogens is 1. The Hall–Kier alpha value is -3.11. The molecule has 6 nitrogen and oxygen atoms in total. The second-order valence-corrected chi connectivity index (χ2v) is 5.65. The summed E-state index contributed by atoms with van der Waals surface area (Å²) >= 11 is 0. The van der Waals surface area contributed by atoms with Crippen molar-refractivity contribution in [3.63, 3.8) is 0 Å². The van der Waals surface area contributed by atoms with E-state index < -0.39 is 24.4 Å². The van der Waals surface area contributed by atoms with Gasteiger partial charge in [0.25, 0.3) is 0 Å². The van der Waals surface area contributed by atoms with Gasteiger partial charge in [0.05, 0.1) is 23.1 Å². The maximum atomic E-state index is 13.0. The molecule has 1 aliphatic heterocycles. The maximum Gasteiger partial charge on any atom is 0.418 e. The predicted octanol–water partition coefficient (Wildman–Crippen LogP) is 2.96. The minimum atomic E-state index is -4.57. The molecule has 1 heterocycles. The van der Waals surface area contributed by atoms with Gasteiger partial charge in [0.2, 0.25) is 0 Å². The monoisotopic (exact) mass is 382 g/mol. The van der Waals surface area contributed by atoms with Crippen LogP contribution in [0.1, 0.15) is 5.56 Å². The van der Waals surface area contributed by atoms with Crippen LogP contribution in [0.25, 0.3) is 0 Å². The van der Waals surface area contributed by atoms with Gasteiger partial charge in [-0.05, 0) is 36.4 Å². The Morgan fingerprint density at radius 1 is 1.07 bits per heavy atom. The summed E-state index contributed by atoms with van der Waals surface area (Å²) in [6, 6.07) is 10.4. The number of rotatable bonds is 4. The summed E-state index contributed by atoms with van der Waals surface area (Å²) in [4.78, 5) is 12.0. The van der Waals surface area contributed by atoms with Crippen molar-refractivity contribution in [2.45, 2.75) is 6.18 Å². The van der Waals surface area contributed by atoms with Crippen LogP contribution in [0.5, 0.6) is 0 Å². The number of hydrazine groups is 1. The third-order valence-corrected chi connectivity index (χ3v) is 3.72. The second-order valence-electron chi connectivity index (χ2n) is 5.65. The van der Waals surface area contributed by atoms with Crippen LogP contribution in [-0.2, 0) is 6.18 Å². The number of carbonyl (C=O) groups excluding carboxylic acids is 1. The van der Waals surface area contributed by atoms with Crippen molar-refractivity contribution in [3.8, 4) is 0 Å². The van der Waals surface area contributed by atoms with Gasteiger partial charge in [-0.3, -0.25) is 0 Å². The Balaban J connectivity index is 1.65. The number of hydrogen-bond donors (Lipinski definition) is 4. The lowest BCUT2D eigenvalue weighted by molar-refractivity contribution is -0.659. The molecule has 27 heavy (non-hydrogen) atoms. The lowest BCUT2D eigenvalue weighted by Gasteiger charge is -2.15. The molecule has 3 rings (SSSR count). The molecule has 10 heteroatoms. The number of para-hydroxylation sites is 1. The molecule has 0 unspecified atom stereocenters. The summed E-state index contributed by atoms with van der Waals surface area (Å²) in [5.41, 5.74) is 4.69. The number of alkyl halides is 4. The van der Waals surface area contributed by atoms with E-state index in [1.807, 2.05) is 0 Å². The van der Waals surface area contributed by atoms with Gasteiger partial charge in [-0.15, -0.1) is 0 Å². The molecule has 142 valence electrons. The number of amides is 2. The molecule has 2 amide bonds. The van der Waals surface area contributed by atoms with Gasteiger partial charge in [0, 0.05) is 5.69 Å². The molecule has 0 saturated carbocycles. The van der Waals surface area contributed by atoms with E-state index in [-0.39, 0.29) is 5.69 Å². The summed E-state index contributed by atoms with van der Waals surface area (Å²) in [6.07, 6.45) is -2.99. The van der Waals surface area contributed by atoms with Crippen molar-refractivity contribution in [2.75, 3.05) is 22.3 Å². The van der Waals surface area contributed by atoms with E-state index in [0.29, 0.717) is 17.1 Å². The van der Waals surface area contributed by atoms with E-state index in [0.717, 1.165) is 6.07 Å². The number of halogens is 4. The highest BCUT2D eigenvalue weighted by molar-refractivity contribution is 6.00. The van der Waals surface area contributed by atoms with Crippen LogP contribution < -0.4 is 26.6 Å². The molecule has 0 radical (unpaired) electrons. The van der Waals surface area contributed by atoms with E-state index in [1.165, 1.54) is 23.6 Å². The van der Waals surface area contributed by atoms with Gasteiger partial charge in [0.1, 0.15) is 0 Å². The summed E-state index contributed by atoms with van der Waals surface area (Å²) < 4.78 is 51.5. The number of nitrogens with zero attached hydrogens (tertiary/aromatic N) is 1. The number of carbonyl (C=O) groups is 1. The highest BCUT2D eigenvalue weighted by Gasteiger charge is 2.33. The first-order valence-corrected chi connectivity index (χ1v) is 7.86. The Kier molecular flexibility index (Phi) is 5.28. The molecule has 0 spiro atoms. The van der Waals surface area contributed by atoms with Crippen LogP contribution in [-0.4, -0.2) is 12.7 Å². The van der Waals surface area contributed by atoms with Crippen LogP contribution in [0.15, 0.2) is 60.4 Å². The minimum Gasteiger partial charge on any atom is -0.308 e. The van der Waals surface area contributed by atoms with Gasteiger partial charge in [-0.2, -0.15) is 13.2 Å². The number of anilines is 3. The van der Waals surface area contributed by atoms with Crippen LogP contribution >= 0.6 is 0 Å². The zero-order valence-corrected chi connectivity index (χ0v) is 13.8. The van der Waals surface area contributed by atoms with E-state index in [2.05, 4.69) is 16.2 Å². The predicted molar refractivity (Wildman–Crippen MR) is 92.1 cm³/mol. The first kappa shape index (κ1) is 18.7. The summed E-state index contributed by atoms with van der Waals surface area (Å²) in [7, 11) is 0. The molecular formula is C17H16F4N5O+. The fourth-order valence-corrected chi connectivity index (χ4v) is 2.44. The zero-order valence-electron chi connectivity index (χ0n) is 13.8. The van der Waals surface area contributed by atoms with E-state index in [1.54, 1.807) is 35.5 Å². The molecule has 2 aromatic rings. The minimum absolute atomic E-state index is 0.334. The summed E-state index contributed by atoms with van der Waals surface area (Å²) in [5, 5.41) is 6.26. The largest absolute Gasteiger partial charge is 0.418 e. The average Bonchev–Trinajstić information content (AvgIpc) is 3.11. The molecular weight excluding hydrogens is 366 g/mol. The maximum absolute atomic E-state index is 13.0. The highest BCUT2D eigenvalue weighted by Crippen LogP contribution is 2.34. The fraction of sp³-hybridized carbons (Fsp3) is 0.118. The summed E-state index contributed by atoms with van der Waals surface area (Å²) in [5.74, 6) is 0. The Labute approximate surface area is 151 Å². The van der Waals surface area contributed by atoms with Crippen LogP contribution in [0.2, 0.25) is 0 Å². The SMILES string of the molecule is O=C(Nc1ccc(N2C=C(CF)[NH2+]N2)cc1)Nc1ccccc1C(F)(F)F. The van der Waals surface area contributed by atoms with Crippen LogP contribution in [0, 0.1) is 0 Å². The number of benzene rings is 2. The average molecular weight is 382 g/mol.